The lowest BCUT2D eigenvalue weighted by atomic mass is 10.2. The highest BCUT2D eigenvalue weighted by Crippen LogP contribution is 2.20. The first kappa shape index (κ1) is 10.8. The van der Waals surface area contributed by atoms with Gasteiger partial charge in [-0.2, -0.15) is 0 Å². The number of Topliss-reactive ketones (excluding diaryl/α,β-unsaturated/α-hetero) is 1. The van der Waals surface area contributed by atoms with Crippen LogP contribution >= 0.6 is 0 Å². The zero-order valence-electron chi connectivity index (χ0n) is 9.20. The van der Waals surface area contributed by atoms with Gasteiger partial charge in [-0.05, 0) is 19.4 Å². The van der Waals surface area contributed by atoms with Crippen molar-refractivity contribution in [3.63, 3.8) is 0 Å². The molecule has 1 aromatic heterocycles. The van der Waals surface area contributed by atoms with Crippen molar-refractivity contribution in [1.29, 1.82) is 0 Å². The summed E-state index contributed by atoms with van der Waals surface area (Å²) in [7, 11) is 1.97. The summed E-state index contributed by atoms with van der Waals surface area (Å²) in [6.07, 6.45) is 1.05. The summed E-state index contributed by atoms with van der Waals surface area (Å²) in [4.78, 5) is 13.0. The van der Waals surface area contributed by atoms with Gasteiger partial charge in [0.2, 0.25) is 0 Å². The van der Waals surface area contributed by atoms with Gasteiger partial charge in [-0.1, -0.05) is 6.92 Å². The van der Waals surface area contributed by atoms with E-state index in [0.29, 0.717) is 11.8 Å². The van der Waals surface area contributed by atoms with Gasteiger partial charge in [0.05, 0.1) is 0 Å². The Morgan fingerprint density at radius 1 is 1.57 bits per heavy atom. The zero-order chi connectivity index (χ0) is 10.7. The van der Waals surface area contributed by atoms with Crippen LogP contribution in [-0.4, -0.2) is 18.9 Å². The van der Waals surface area contributed by atoms with E-state index >= 15 is 0 Å². The molecule has 1 rings (SSSR count). The molecule has 1 atom stereocenters. The Bertz CT molecular complexity index is 317. The maximum atomic E-state index is 11.0. The molecule has 1 unspecified atom stereocenters. The number of carbonyl (C=O) groups is 1. The summed E-state index contributed by atoms with van der Waals surface area (Å²) in [5.41, 5.74) is 0. The van der Waals surface area contributed by atoms with Crippen molar-refractivity contribution in [2.24, 2.45) is 0 Å². The molecule has 0 bridgehead atoms. The number of hydrogen-bond donors (Lipinski definition) is 0. The van der Waals surface area contributed by atoms with Gasteiger partial charge in [0, 0.05) is 26.1 Å². The molecule has 0 aliphatic carbocycles. The van der Waals surface area contributed by atoms with Crippen molar-refractivity contribution in [3.8, 4) is 0 Å². The zero-order valence-corrected chi connectivity index (χ0v) is 9.20. The lowest BCUT2D eigenvalue weighted by molar-refractivity contribution is 0.0987. The third-order valence-corrected chi connectivity index (χ3v) is 2.54. The smallest absolute Gasteiger partial charge is 0.196 e. The van der Waals surface area contributed by atoms with Gasteiger partial charge in [-0.15, -0.1) is 0 Å². The Morgan fingerprint density at radius 3 is 2.64 bits per heavy atom. The molecular formula is C11H17NO2. The van der Waals surface area contributed by atoms with Crippen LogP contribution in [-0.2, 0) is 0 Å². The molecule has 0 saturated carbocycles. The van der Waals surface area contributed by atoms with E-state index in [2.05, 4.69) is 13.8 Å². The number of carbonyl (C=O) groups excluding carboxylic acids is 1. The van der Waals surface area contributed by atoms with Crippen LogP contribution in [0.25, 0.3) is 0 Å². The fourth-order valence-electron chi connectivity index (χ4n) is 1.20. The summed E-state index contributed by atoms with van der Waals surface area (Å²) in [5.74, 6) is 1.15. The molecule has 0 saturated heterocycles. The highest BCUT2D eigenvalue weighted by molar-refractivity contribution is 5.91. The third-order valence-electron chi connectivity index (χ3n) is 2.54. The number of hydrogen-bond acceptors (Lipinski definition) is 3. The van der Waals surface area contributed by atoms with Crippen LogP contribution in [0.1, 0.15) is 37.7 Å². The summed E-state index contributed by atoms with van der Waals surface area (Å²) in [6, 6.07) is 3.97. The molecule has 78 valence electrons. The standard InChI is InChI=1S/C11H17NO2/c1-5-8(2)12(4)11-7-6-10(14-11)9(3)13/h6-8H,5H2,1-4H3. The van der Waals surface area contributed by atoms with Crippen LogP contribution in [0.5, 0.6) is 0 Å². The van der Waals surface area contributed by atoms with Crippen LogP contribution in [0.4, 0.5) is 5.88 Å². The van der Waals surface area contributed by atoms with E-state index in [9.17, 15) is 4.79 Å². The van der Waals surface area contributed by atoms with Crippen LogP contribution in [0.2, 0.25) is 0 Å². The number of nitrogens with zero attached hydrogens (tertiary/aromatic N) is 1. The Morgan fingerprint density at radius 2 is 2.21 bits per heavy atom. The van der Waals surface area contributed by atoms with E-state index in [1.165, 1.54) is 6.92 Å². The highest BCUT2D eigenvalue weighted by Gasteiger charge is 2.13. The Kier molecular flexibility index (Phi) is 3.33. The Balaban J connectivity index is 2.81. The van der Waals surface area contributed by atoms with Crippen molar-refractivity contribution >= 4 is 11.7 Å². The molecule has 0 N–H and O–H groups in total. The normalized spacial score (nSPS) is 12.6. The SMILES string of the molecule is CCC(C)N(C)c1ccc(C(C)=O)o1. The van der Waals surface area contributed by atoms with Gasteiger partial charge in [0.1, 0.15) is 0 Å². The molecule has 14 heavy (non-hydrogen) atoms. The summed E-state index contributed by atoms with van der Waals surface area (Å²) >= 11 is 0. The minimum atomic E-state index is -0.0335. The third kappa shape index (κ3) is 2.16. The molecule has 3 nitrogen and oxygen atoms in total. The average molecular weight is 195 g/mol. The second-order valence-corrected chi connectivity index (χ2v) is 3.56. The monoisotopic (exact) mass is 195 g/mol. The average Bonchev–Trinajstić information content (AvgIpc) is 2.64. The van der Waals surface area contributed by atoms with Crippen molar-refractivity contribution in [1.82, 2.24) is 0 Å². The molecule has 0 aliphatic rings. The van der Waals surface area contributed by atoms with Crippen molar-refractivity contribution < 1.29 is 9.21 Å². The number of furan rings is 1. The molecule has 0 fully saturated rings. The molecular weight excluding hydrogens is 178 g/mol. The lowest BCUT2D eigenvalue weighted by Gasteiger charge is -2.22. The van der Waals surface area contributed by atoms with Crippen molar-refractivity contribution in [2.45, 2.75) is 33.2 Å². The summed E-state index contributed by atoms with van der Waals surface area (Å²) in [6.45, 7) is 5.75. The van der Waals surface area contributed by atoms with E-state index in [4.69, 9.17) is 4.42 Å². The molecule has 0 aromatic carbocycles. The van der Waals surface area contributed by atoms with Crippen LogP contribution in [0.15, 0.2) is 16.5 Å². The first-order valence-corrected chi connectivity index (χ1v) is 4.89. The largest absolute Gasteiger partial charge is 0.437 e. The fraction of sp³-hybridized carbons (Fsp3) is 0.545. The van der Waals surface area contributed by atoms with E-state index in [1.54, 1.807) is 6.07 Å². The summed E-state index contributed by atoms with van der Waals surface area (Å²) < 4.78 is 5.41. The minimum Gasteiger partial charge on any atom is -0.437 e. The molecule has 0 spiro atoms. The van der Waals surface area contributed by atoms with Crippen LogP contribution in [0.3, 0.4) is 0 Å². The van der Waals surface area contributed by atoms with E-state index in [0.717, 1.165) is 12.3 Å². The van der Waals surface area contributed by atoms with E-state index < -0.39 is 0 Å². The van der Waals surface area contributed by atoms with Gasteiger partial charge in [0.15, 0.2) is 17.4 Å². The minimum absolute atomic E-state index is 0.0335. The van der Waals surface area contributed by atoms with Crippen molar-refractivity contribution in [2.75, 3.05) is 11.9 Å². The van der Waals surface area contributed by atoms with E-state index in [1.807, 2.05) is 18.0 Å². The van der Waals surface area contributed by atoms with Crippen LogP contribution in [0, 0.1) is 0 Å². The van der Waals surface area contributed by atoms with Gasteiger partial charge >= 0.3 is 0 Å². The number of ketones is 1. The molecule has 0 radical (unpaired) electrons. The predicted molar refractivity (Wildman–Crippen MR) is 56.9 cm³/mol. The first-order chi connectivity index (χ1) is 6.56. The first-order valence-electron chi connectivity index (χ1n) is 4.89. The van der Waals surface area contributed by atoms with E-state index in [-0.39, 0.29) is 5.78 Å². The van der Waals surface area contributed by atoms with Gasteiger partial charge in [0.25, 0.3) is 0 Å². The lowest BCUT2D eigenvalue weighted by Crippen LogP contribution is -2.27. The quantitative estimate of drug-likeness (QED) is 0.692. The van der Waals surface area contributed by atoms with Gasteiger partial charge in [-0.25, -0.2) is 0 Å². The Labute approximate surface area is 84.7 Å². The molecule has 1 heterocycles. The fourth-order valence-corrected chi connectivity index (χ4v) is 1.20. The molecule has 0 amide bonds. The van der Waals surface area contributed by atoms with Gasteiger partial charge in [-0.3, -0.25) is 4.79 Å². The molecule has 1 aromatic rings. The molecule has 3 heteroatoms. The van der Waals surface area contributed by atoms with Crippen molar-refractivity contribution in [3.05, 3.63) is 17.9 Å². The van der Waals surface area contributed by atoms with Crippen LogP contribution < -0.4 is 4.90 Å². The van der Waals surface area contributed by atoms with Gasteiger partial charge < -0.3 is 9.32 Å². The maximum Gasteiger partial charge on any atom is 0.196 e. The molecule has 0 aliphatic heterocycles. The Hall–Kier alpha value is -1.25. The second kappa shape index (κ2) is 4.31. The number of rotatable bonds is 4. The predicted octanol–water partition coefficient (Wildman–Crippen LogP) is 2.72. The highest BCUT2D eigenvalue weighted by atomic mass is 16.4. The maximum absolute atomic E-state index is 11.0. The number of anilines is 1. The second-order valence-electron chi connectivity index (χ2n) is 3.56. The topological polar surface area (TPSA) is 33.5 Å². The summed E-state index contributed by atoms with van der Waals surface area (Å²) in [5, 5.41) is 0.